The van der Waals surface area contributed by atoms with Crippen LogP contribution >= 0.6 is 0 Å². The third kappa shape index (κ3) is 4.64. The molecule has 0 saturated heterocycles. The normalized spacial score (nSPS) is 11.3. The minimum atomic E-state index is -3.56. The highest BCUT2D eigenvalue weighted by atomic mass is 32.2. The molecule has 0 aliphatic heterocycles. The van der Waals surface area contributed by atoms with E-state index in [1.165, 1.54) is 18.2 Å². The van der Waals surface area contributed by atoms with Gasteiger partial charge in [0.25, 0.3) is 5.69 Å². The molecule has 0 atom stereocenters. The molecule has 0 heterocycles. The molecule has 2 rings (SSSR count). The van der Waals surface area contributed by atoms with Crippen LogP contribution in [-0.4, -0.2) is 13.3 Å². The number of hydrogen-bond acceptors (Lipinski definition) is 4. The number of nitrogens with one attached hydrogen (secondary N) is 1. The number of sulfonamides is 1. The summed E-state index contributed by atoms with van der Waals surface area (Å²) in [6.07, 6.45) is 0. The first-order valence-electron chi connectivity index (χ1n) is 6.62. The molecule has 0 radical (unpaired) electrons. The van der Waals surface area contributed by atoms with Crippen molar-refractivity contribution in [1.29, 1.82) is 0 Å². The van der Waals surface area contributed by atoms with E-state index in [0.29, 0.717) is 5.56 Å². The van der Waals surface area contributed by atoms with Gasteiger partial charge >= 0.3 is 0 Å². The number of benzene rings is 2. The largest absolute Gasteiger partial charge is 0.269 e. The second-order valence-corrected chi connectivity index (χ2v) is 6.80. The van der Waals surface area contributed by atoms with E-state index in [2.05, 4.69) is 4.72 Å². The summed E-state index contributed by atoms with van der Waals surface area (Å²) in [7, 11) is -3.56. The molecule has 6 nitrogen and oxygen atoms in total. The van der Waals surface area contributed by atoms with Gasteiger partial charge in [-0.15, -0.1) is 0 Å². The van der Waals surface area contributed by atoms with Gasteiger partial charge < -0.3 is 0 Å². The second-order valence-electron chi connectivity index (χ2n) is 5.00. The Morgan fingerprint density at radius 1 is 1.09 bits per heavy atom. The Balaban J connectivity index is 2.05. The number of non-ortho nitro benzene ring substituents is 1. The smallest absolute Gasteiger partial charge is 0.258 e. The van der Waals surface area contributed by atoms with Crippen molar-refractivity contribution >= 4 is 15.7 Å². The summed E-state index contributed by atoms with van der Waals surface area (Å²) in [5.74, 6) is -0.291. The monoisotopic (exact) mass is 320 g/mol. The lowest BCUT2D eigenvalue weighted by atomic mass is 10.1. The molecule has 7 heteroatoms. The lowest BCUT2D eigenvalue weighted by molar-refractivity contribution is -0.384. The van der Waals surface area contributed by atoms with Gasteiger partial charge in [-0.25, -0.2) is 13.1 Å². The summed E-state index contributed by atoms with van der Waals surface area (Å²) in [5.41, 5.74) is 2.18. The van der Waals surface area contributed by atoms with Crippen LogP contribution in [-0.2, 0) is 22.3 Å². The summed E-state index contributed by atoms with van der Waals surface area (Å²) in [5, 5.41) is 10.7. The Bertz CT molecular complexity index is 788. The molecule has 1 N–H and O–H groups in total. The molecule has 116 valence electrons. The van der Waals surface area contributed by atoms with Crippen LogP contribution in [0.3, 0.4) is 0 Å². The molecular formula is C15H16N2O4S. The van der Waals surface area contributed by atoms with Gasteiger partial charge in [0.05, 0.1) is 10.7 Å². The van der Waals surface area contributed by atoms with Gasteiger partial charge in [0, 0.05) is 18.7 Å². The van der Waals surface area contributed by atoms with Gasteiger partial charge in [-0.3, -0.25) is 10.1 Å². The van der Waals surface area contributed by atoms with E-state index < -0.39 is 14.9 Å². The number of rotatable bonds is 6. The average Bonchev–Trinajstić information content (AvgIpc) is 2.45. The van der Waals surface area contributed by atoms with E-state index in [-0.39, 0.29) is 18.0 Å². The fourth-order valence-corrected chi connectivity index (χ4v) is 3.15. The van der Waals surface area contributed by atoms with E-state index in [9.17, 15) is 18.5 Å². The number of hydrogen-bond donors (Lipinski definition) is 1. The summed E-state index contributed by atoms with van der Waals surface area (Å²) in [6, 6.07) is 13.2. The fraction of sp³-hybridized carbons (Fsp3) is 0.200. The molecule has 0 saturated carbocycles. The maximum absolute atomic E-state index is 12.1. The third-order valence-corrected chi connectivity index (χ3v) is 4.35. The summed E-state index contributed by atoms with van der Waals surface area (Å²) >= 11 is 0. The first kappa shape index (κ1) is 16.1. The molecule has 2 aromatic rings. The molecule has 0 aliphatic carbocycles. The zero-order valence-corrected chi connectivity index (χ0v) is 12.8. The van der Waals surface area contributed by atoms with Crippen molar-refractivity contribution in [3.8, 4) is 0 Å². The van der Waals surface area contributed by atoms with Crippen LogP contribution in [0.2, 0.25) is 0 Å². The molecule has 0 bridgehead atoms. The van der Waals surface area contributed by atoms with Crippen molar-refractivity contribution in [2.45, 2.75) is 19.2 Å². The van der Waals surface area contributed by atoms with Gasteiger partial charge in [-0.05, 0) is 18.1 Å². The number of nitro groups is 1. The predicted octanol–water partition coefficient (Wildman–Crippen LogP) is 2.52. The lowest BCUT2D eigenvalue weighted by Crippen LogP contribution is -2.24. The molecular weight excluding hydrogens is 304 g/mol. The molecule has 0 amide bonds. The molecule has 2 aromatic carbocycles. The Morgan fingerprint density at radius 3 is 2.45 bits per heavy atom. The van der Waals surface area contributed by atoms with Crippen molar-refractivity contribution < 1.29 is 13.3 Å². The van der Waals surface area contributed by atoms with Crippen LogP contribution in [0.15, 0.2) is 48.5 Å². The van der Waals surface area contributed by atoms with E-state index in [0.717, 1.165) is 11.1 Å². The molecule has 0 spiro atoms. The van der Waals surface area contributed by atoms with Crippen LogP contribution in [0.5, 0.6) is 0 Å². The van der Waals surface area contributed by atoms with Crippen molar-refractivity contribution in [3.63, 3.8) is 0 Å². The zero-order valence-electron chi connectivity index (χ0n) is 12.0. The van der Waals surface area contributed by atoms with E-state index in [4.69, 9.17) is 0 Å². The minimum absolute atomic E-state index is 0.119. The molecule has 22 heavy (non-hydrogen) atoms. The summed E-state index contributed by atoms with van der Waals surface area (Å²) in [6.45, 7) is 2.13. The van der Waals surface area contributed by atoms with E-state index >= 15 is 0 Å². The zero-order chi connectivity index (χ0) is 16.2. The van der Waals surface area contributed by atoms with Gasteiger partial charge in [0.1, 0.15) is 0 Å². The lowest BCUT2D eigenvalue weighted by Gasteiger charge is -2.07. The van der Waals surface area contributed by atoms with E-state index in [1.807, 2.05) is 31.2 Å². The van der Waals surface area contributed by atoms with Crippen LogP contribution in [0.4, 0.5) is 5.69 Å². The van der Waals surface area contributed by atoms with Crippen molar-refractivity contribution in [2.24, 2.45) is 0 Å². The van der Waals surface area contributed by atoms with Gasteiger partial charge in [0.15, 0.2) is 0 Å². The fourth-order valence-electron chi connectivity index (χ4n) is 2.05. The SMILES string of the molecule is Cc1cccc(CNS(=O)(=O)Cc2cccc([N+](=O)[O-])c2)c1. The topological polar surface area (TPSA) is 89.3 Å². The Kier molecular flexibility index (Phi) is 4.89. The minimum Gasteiger partial charge on any atom is -0.258 e. The first-order chi connectivity index (χ1) is 10.4. The molecule has 0 fully saturated rings. The maximum atomic E-state index is 12.1. The van der Waals surface area contributed by atoms with Crippen molar-refractivity contribution in [2.75, 3.05) is 0 Å². The summed E-state index contributed by atoms with van der Waals surface area (Å²) < 4.78 is 26.6. The van der Waals surface area contributed by atoms with E-state index in [1.54, 1.807) is 6.07 Å². The number of nitro benzene ring substituents is 1. The maximum Gasteiger partial charge on any atom is 0.269 e. The predicted molar refractivity (Wildman–Crippen MR) is 83.7 cm³/mol. The van der Waals surface area contributed by atoms with Crippen LogP contribution in [0.1, 0.15) is 16.7 Å². The van der Waals surface area contributed by atoms with Gasteiger partial charge in [-0.1, -0.05) is 42.0 Å². The quantitative estimate of drug-likeness (QED) is 0.654. The highest BCUT2D eigenvalue weighted by Gasteiger charge is 2.14. The molecule has 0 aromatic heterocycles. The van der Waals surface area contributed by atoms with Crippen molar-refractivity contribution in [1.82, 2.24) is 4.72 Å². The highest BCUT2D eigenvalue weighted by Crippen LogP contribution is 2.15. The Morgan fingerprint density at radius 2 is 1.77 bits per heavy atom. The van der Waals surface area contributed by atoms with Crippen LogP contribution in [0.25, 0.3) is 0 Å². The van der Waals surface area contributed by atoms with Gasteiger partial charge in [0.2, 0.25) is 10.0 Å². The second kappa shape index (κ2) is 6.67. The van der Waals surface area contributed by atoms with Crippen LogP contribution < -0.4 is 4.72 Å². The standard InChI is InChI=1S/C15H16N2O4S/c1-12-4-2-5-13(8-12)10-16-22(20,21)11-14-6-3-7-15(9-14)17(18)19/h2-9,16H,10-11H2,1H3. The Hall–Kier alpha value is -2.25. The first-order valence-corrected chi connectivity index (χ1v) is 8.27. The number of nitrogens with zero attached hydrogens (tertiary/aromatic N) is 1. The molecule has 0 unspecified atom stereocenters. The number of aryl methyl sites for hydroxylation is 1. The van der Waals surface area contributed by atoms with Gasteiger partial charge in [-0.2, -0.15) is 0 Å². The highest BCUT2D eigenvalue weighted by molar-refractivity contribution is 7.88. The summed E-state index contributed by atoms with van der Waals surface area (Å²) in [4.78, 5) is 10.2. The average molecular weight is 320 g/mol. The van der Waals surface area contributed by atoms with Crippen LogP contribution in [0, 0.1) is 17.0 Å². The van der Waals surface area contributed by atoms with Crippen molar-refractivity contribution in [3.05, 3.63) is 75.3 Å². The Labute approximate surface area is 129 Å². The third-order valence-electron chi connectivity index (χ3n) is 3.06. The molecule has 0 aliphatic rings.